The Hall–Kier alpha value is -0.350. The number of rotatable bonds is 2. The number of pyridine rings is 1. The standard InChI is InChI=1S/C11H13BrClFN2/c12-5-8-2-1-3-16(7-8)11-10(14)4-9(13)6-15-11/h4,6,8H,1-3,5,7H2. The van der Waals surface area contributed by atoms with E-state index in [0.717, 1.165) is 24.8 Å². The van der Waals surface area contributed by atoms with Gasteiger partial charge < -0.3 is 4.90 Å². The van der Waals surface area contributed by atoms with Crippen LogP contribution >= 0.6 is 27.5 Å². The highest BCUT2D eigenvalue weighted by Crippen LogP contribution is 2.25. The second-order valence-corrected chi connectivity index (χ2v) is 5.15. The van der Waals surface area contributed by atoms with Crippen LogP contribution in [0.2, 0.25) is 5.02 Å². The Morgan fingerprint density at radius 1 is 1.62 bits per heavy atom. The Labute approximate surface area is 108 Å². The lowest BCUT2D eigenvalue weighted by molar-refractivity contribution is 0.447. The number of hydrogen-bond donors (Lipinski definition) is 0. The molecule has 1 atom stereocenters. The molecule has 5 heteroatoms. The van der Waals surface area contributed by atoms with Gasteiger partial charge in [0.1, 0.15) is 0 Å². The molecule has 0 bridgehead atoms. The Morgan fingerprint density at radius 2 is 2.44 bits per heavy atom. The first-order valence-electron chi connectivity index (χ1n) is 5.32. The van der Waals surface area contributed by atoms with Crippen LogP contribution in [0.3, 0.4) is 0 Å². The molecule has 1 aliphatic rings. The van der Waals surface area contributed by atoms with Crippen LogP contribution in [-0.2, 0) is 0 Å². The van der Waals surface area contributed by atoms with Gasteiger partial charge in [0.05, 0.1) is 5.02 Å². The zero-order valence-corrected chi connectivity index (χ0v) is 11.1. The van der Waals surface area contributed by atoms with Gasteiger partial charge in [0.2, 0.25) is 0 Å². The number of halogens is 3. The van der Waals surface area contributed by atoms with Crippen LogP contribution in [0, 0.1) is 11.7 Å². The van der Waals surface area contributed by atoms with Gasteiger partial charge in [-0.2, -0.15) is 0 Å². The maximum Gasteiger partial charge on any atom is 0.167 e. The maximum atomic E-state index is 13.7. The summed E-state index contributed by atoms with van der Waals surface area (Å²) in [5.74, 6) is 0.670. The number of anilines is 1. The zero-order valence-electron chi connectivity index (χ0n) is 8.80. The molecule has 2 heterocycles. The SMILES string of the molecule is Fc1cc(Cl)cnc1N1CCCC(CBr)C1. The molecular formula is C11H13BrClFN2. The number of piperidine rings is 1. The molecule has 1 fully saturated rings. The summed E-state index contributed by atoms with van der Waals surface area (Å²) in [6, 6.07) is 1.32. The van der Waals surface area contributed by atoms with E-state index in [0.29, 0.717) is 16.8 Å². The number of alkyl halides is 1. The van der Waals surface area contributed by atoms with E-state index < -0.39 is 0 Å². The normalized spacial score (nSPS) is 21.2. The molecule has 0 aliphatic carbocycles. The molecule has 1 saturated heterocycles. The van der Waals surface area contributed by atoms with Crippen molar-refractivity contribution < 1.29 is 4.39 Å². The van der Waals surface area contributed by atoms with E-state index in [4.69, 9.17) is 11.6 Å². The molecule has 1 aliphatic heterocycles. The quantitative estimate of drug-likeness (QED) is 0.778. The van der Waals surface area contributed by atoms with Crippen LogP contribution in [-0.4, -0.2) is 23.4 Å². The van der Waals surface area contributed by atoms with Crippen molar-refractivity contribution in [3.63, 3.8) is 0 Å². The monoisotopic (exact) mass is 306 g/mol. The van der Waals surface area contributed by atoms with E-state index in [1.165, 1.54) is 18.7 Å². The highest BCUT2D eigenvalue weighted by Gasteiger charge is 2.22. The lowest BCUT2D eigenvalue weighted by Crippen LogP contribution is -2.37. The van der Waals surface area contributed by atoms with Crippen molar-refractivity contribution in [1.82, 2.24) is 4.98 Å². The van der Waals surface area contributed by atoms with Crippen molar-refractivity contribution in [3.8, 4) is 0 Å². The minimum atomic E-state index is -0.331. The van der Waals surface area contributed by atoms with Gasteiger partial charge >= 0.3 is 0 Å². The first kappa shape index (κ1) is 12.1. The van der Waals surface area contributed by atoms with E-state index in [2.05, 4.69) is 20.9 Å². The first-order chi connectivity index (χ1) is 7.70. The van der Waals surface area contributed by atoms with E-state index in [9.17, 15) is 4.39 Å². The molecule has 2 rings (SSSR count). The molecule has 0 radical (unpaired) electrons. The van der Waals surface area contributed by atoms with E-state index in [-0.39, 0.29) is 5.82 Å². The summed E-state index contributed by atoms with van der Waals surface area (Å²) in [6.07, 6.45) is 3.77. The van der Waals surface area contributed by atoms with Gasteiger partial charge in [-0.05, 0) is 24.8 Å². The van der Waals surface area contributed by atoms with Gasteiger partial charge in [-0.1, -0.05) is 27.5 Å². The molecule has 16 heavy (non-hydrogen) atoms. The summed E-state index contributed by atoms with van der Waals surface area (Å²) in [7, 11) is 0. The fourth-order valence-electron chi connectivity index (χ4n) is 2.02. The fourth-order valence-corrected chi connectivity index (χ4v) is 2.70. The highest BCUT2D eigenvalue weighted by atomic mass is 79.9. The first-order valence-corrected chi connectivity index (χ1v) is 6.82. The largest absolute Gasteiger partial charge is 0.354 e. The minimum absolute atomic E-state index is 0.331. The molecule has 1 aromatic rings. The topological polar surface area (TPSA) is 16.1 Å². The summed E-state index contributed by atoms with van der Waals surface area (Å²) in [6.45, 7) is 1.73. The Kier molecular flexibility index (Phi) is 4.03. The van der Waals surface area contributed by atoms with Crippen LogP contribution in [0.25, 0.3) is 0 Å². The number of hydrogen-bond acceptors (Lipinski definition) is 2. The van der Waals surface area contributed by atoms with Crippen molar-refractivity contribution in [3.05, 3.63) is 23.1 Å². The predicted molar refractivity (Wildman–Crippen MR) is 67.9 cm³/mol. The predicted octanol–water partition coefficient (Wildman–Crippen LogP) is 3.49. The van der Waals surface area contributed by atoms with Crippen molar-refractivity contribution in [2.45, 2.75) is 12.8 Å². The summed E-state index contributed by atoms with van der Waals surface area (Å²) >= 11 is 9.16. The summed E-state index contributed by atoms with van der Waals surface area (Å²) in [5, 5.41) is 1.30. The van der Waals surface area contributed by atoms with E-state index in [1.807, 2.05) is 4.90 Å². The van der Waals surface area contributed by atoms with E-state index >= 15 is 0 Å². The second-order valence-electron chi connectivity index (χ2n) is 4.07. The van der Waals surface area contributed by atoms with Crippen molar-refractivity contribution in [1.29, 1.82) is 0 Å². The number of aromatic nitrogens is 1. The third kappa shape index (κ3) is 2.66. The lowest BCUT2D eigenvalue weighted by atomic mass is 10.0. The molecule has 0 amide bonds. The van der Waals surface area contributed by atoms with Gasteiger partial charge in [-0.15, -0.1) is 0 Å². The molecule has 0 saturated carbocycles. The van der Waals surface area contributed by atoms with Crippen LogP contribution in [0.15, 0.2) is 12.3 Å². The van der Waals surface area contributed by atoms with Crippen LogP contribution in [0.5, 0.6) is 0 Å². The van der Waals surface area contributed by atoms with E-state index in [1.54, 1.807) is 0 Å². The second kappa shape index (κ2) is 5.32. The smallest absolute Gasteiger partial charge is 0.167 e. The Bertz CT molecular complexity index is 375. The summed E-state index contributed by atoms with van der Waals surface area (Å²) < 4.78 is 13.7. The fraction of sp³-hybridized carbons (Fsp3) is 0.545. The summed E-state index contributed by atoms with van der Waals surface area (Å²) in [4.78, 5) is 6.07. The van der Waals surface area contributed by atoms with Gasteiger partial charge in [0.25, 0.3) is 0 Å². The lowest BCUT2D eigenvalue weighted by Gasteiger charge is -2.32. The highest BCUT2D eigenvalue weighted by molar-refractivity contribution is 9.09. The average Bonchev–Trinajstić information content (AvgIpc) is 2.29. The third-order valence-electron chi connectivity index (χ3n) is 2.83. The molecule has 1 aromatic heterocycles. The number of nitrogens with zero attached hydrogens (tertiary/aromatic N) is 2. The van der Waals surface area contributed by atoms with Gasteiger partial charge in [-0.3, -0.25) is 0 Å². The molecule has 1 unspecified atom stereocenters. The summed E-state index contributed by atoms with van der Waals surface area (Å²) in [5.41, 5.74) is 0. The van der Waals surface area contributed by atoms with Gasteiger partial charge in [0, 0.05) is 24.6 Å². The third-order valence-corrected chi connectivity index (χ3v) is 3.95. The molecule has 0 spiro atoms. The van der Waals surface area contributed by atoms with Crippen molar-refractivity contribution >= 4 is 33.3 Å². The molecule has 0 N–H and O–H groups in total. The molecule has 0 aromatic carbocycles. The van der Waals surface area contributed by atoms with Crippen LogP contribution in [0.4, 0.5) is 10.2 Å². The van der Waals surface area contributed by atoms with Crippen molar-refractivity contribution in [2.24, 2.45) is 5.92 Å². The van der Waals surface area contributed by atoms with Crippen molar-refractivity contribution in [2.75, 3.05) is 23.3 Å². The Balaban J connectivity index is 2.16. The molecule has 88 valence electrons. The zero-order chi connectivity index (χ0) is 11.5. The Morgan fingerprint density at radius 3 is 3.12 bits per heavy atom. The maximum absolute atomic E-state index is 13.7. The molecule has 2 nitrogen and oxygen atoms in total. The minimum Gasteiger partial charge on any atom is -0.354 e. The average molecular weight is 308 g/mol. The van der Waals surface area contributed by atoms with Crippen LogP contribution < -0.4 is 4.90 Å². The van der Waals surface area contributed by atoms with Gasteiger partial charge in [0.15, 0.2) is 11.6 Å². The van der Waals surface area contributed by atoms with Crippen LogP contribution in [0.1, 0.15) is 12.8 Å². The molecular weight excluding hydrogens is 294 g/mol. The van der Waals surface area contributed by atoms with Gasteiger partial charge in [-0.25, -0.2) is 9.37 Å².